The van der Waals surface area contributed by atoms with Crippen molar-refractivity contribution >= 4 is 56.5 Å². The fraction of sp³-hybridized carbons (Fsp3) is 0.294. The number of anilines is 1. The summed E-state index contributed by atoms with van der Waals surface area (Å²) in [4.78, 5) is 27.8. The van der Waals surface area contributed by atoms with Crippen molar-refractivity contribution in [2.45, 2.75) is 38.0 Å². The second-order valence-corrected chi connectivity index (χ2v) is 8.52. The Balaban J connectivity index is 1.85. The van der Waals surface area contributed by atoms with Gasteiger partial charge in [0.15, 0.2) is 5.15 Å². The molecule has 0 saturated carbocycles. The molecule has 3 aromatic rings. The summed E-state index contributed by atoms with van der Waals surface area (Å²) in [5.41, 5.74) is 1.68. The van der Waals surface area contributed by atoms with E-state index in [-0.39, 0.29) is 16.3 Å². The molecule has 3 rings (SSSR count). The van der Waals surface area contributed by atoms with Gasteiger partial charge in [-0.25, -0.2) is 15.0 Å². The Hall–Kier alpha value is -1.70. The second kappa shape index (κ2) is 7.27. The van der Waals surface area contributed by atoms with Gasteiger partial charge in [-0.15, -0.1) is 11.3 Å². The number of amides is 1. The number of carbonyl (C=O) groups is 1. The molecule has 0 spiro atoms. The molecule has 0 unspecified atom stereocenters. The van der Waals surface area contributed by atoms with Gasteiger partial charge >= 0.3 is 0 Å². The minimum atomic E-state index is -0.339. The first-order valence-electron chi connectivity index (χ1n) is 7.69. The first-order valence-corrected chi connectivity index (χ1v) is 9.76. The van der Waals surface area contributed by atoms with E-state index in [4.69, 9.17) is 11.6 Å². The van der Waals surface area contributed by atoms with Crippen LogP contribution in [0.15, 0.2) is 23.4 Å². The molecule has 3 heterocycles. The number of halogens is 1. The minimum absolute atomic E-state index is 0.145. The summed E-state index contributed by atoms with van der Waals surface area (Å²) in [6.07, 6.45) is 1.58. The molecule has 3 aromatic heterocycles. The lowest BCUT2D eigenvalue weighted by Gasteiger charge is -2.13. The number of fused-ring (bicyclic) bond motifs is 1. The van der Waals surface area contributed by atoms with Crippen LogP contribution in [0.25, 0.3) is 10.2 Å². The molecule has 1 atom stereocenters. The van der Waals surface area contributed by atoms with Gasteiger partial charge in [-0.2, -0.15) is 0 Å². The summed E-state index contributed by atoms with van der Waals surface area (Å²) in [5.74, 6) is 0.563. The maximum atomic E-state index is 12.5. The van der Waals surface area contributed by atoms with Gasteiger partial charge < -0.3 is 5.32 Å². The zero-order chi connectivity index (χ0) is 18.1. The van der Waals surface area contributed by atoms with Gasteiger partial charge in [0.25, 0.3) is 0 Å². The molecule has 0 radical (unpaired) electrons. The van der Waals surface area contributed by atoms with Gasteiger partial charge in [0, 0.05) is 16.5 Å². The first-order chi connectivity index (χ1) is 11.9. The highest BCUT2D eigenvalue weighted by molar-refractivity contribution is 8.00. The van der Waals surface area contributed by atoms with Crippen molar-refractivity contribution in [3.63, 3.8) is 0 Å². The normalized spacial score (nSPS) is 12.4. The molecule has 0 fully saturated rings. The van der Waals surface area contributed by atoms with Crippen molar-refractivity contribution in [1.29, 1.82) is 0 Å². The lowest BCUT2D eigenvalue weighted by molar-refractivity contribution is -0.115. The molecular formula is C17H17ClN4OS2. The fourth-order valence-electron chi connectivity index (χ4n) is 2.33. The van der Waals surface area contributed by atoms with E-state index in [0.717, 1.165) is 15.2 Å². The maximum Gasteiger partial charge on any atom is 0.237 e. The molecule has 8 heteroatoms. The Morgan fingerprint density at radius 2 is 2.08 bits per heavy atom. The van der Waals surface area contributed by atoms with Gasteiger partial charge in [-0.1, -0.05) is 23.4 Å². The Labute approximate surface area is 159 Å². The molecule has 25 heavy (non-hydrogen) atoms. The van der Waals surface area contributed by atoms with E-state index in [0.29, 0.717) is 11.5 Å². The zero-order valence-electron chi connectivity index (χ0n) is 14.3. The molecule has 1 amide bonds. The monoisotopic (exact) mass is 392 g/mol. The lowest BCUT2D eigenvalue weighted by Crippen LogP contribution is -2.22. The van der Waals surface area contributed by atoms with Crippen LogP contribution in [0.5, 0.6) is 0 Å². The van der Waals surface area contributed by atoms with Gasteiger partial charge in [-0.05, 0) is 45.4 Å². The van der Waals surface area contributed by atoms with Crippen LogP contribution < -0.4 is 5.32 Å². The Bertz CT molecular complexity index is 957. The molecule has 0 bridgehead atoms. The summed E-state index contributed by atoms with van der Waals surface area (Å²) in [6.45, 7) is 7.86. The Kier molecular flexibility index (Phi) is 5.27. The van der Waals surface area contributed by atoms with E-state index in [9.17, 15) is 4.79 Å². The molecule has 0 aliphatic carbocycles. The number of nitrogens with one attached hydrogen (secondary N) is 1. The van der Waals surface area contributed by atoms with E-state index in [1.165, 1.54) is 22.2 Å². The number of rotatable bonds is 4. The Morgan fingerprint density at radius 1 is 1.32 bits per heavy atom. The summed E-state index contributed by atoms with van der Waals surface area (Å²) in [5, 5.41) is 4.63. The quantitative estimate of drug-likeness (QED) is 0.393. The highest BCUT2D eigenvalue weighted by Crippen LogP contribution is 2.36. The van der Waals surface area contributed by atoms with Crippen LogP contribution in [-0.2, 0) is 4.79 Å². The highest BCUT2D eigenvalue weighted by Gasteiger charge is 2.21. The third-order valence-electron chi connectivity index (χ3n) is 3.78. The van der Waals surface area contributed by atoms with Crippen LogP contribution in [0.1, 0.15) is 23.2 Å². The molecule has 5 nitrogen and oxygen atoms in total. The van der Waals surface area contributed by atoms with Crippen LogP contribution in [0.3, 0.4) is 0 Å². The standard InChI is InChI=1S/C17H17ClN4OS2/c1-8-9(2)24-16-13(8)17(21-11(4)20-16)25-10(3)15(23)22-12-6-5-7-19-14(12)18/h5-7,10H,1-4H3,(H,22,23)/t10-/m0/s1. The summed E-state index contributed by atoms with van der Waals surface area (Å²) < 4.78 is 0. The van der Waals surface area contributed by atoms with Crippen molar-refractivity contribution in [3.05, 3.63) is 39.7 Å². The Morgan fingerprint density at radius 3 is 2.80 bits per heavy atom. The van der Waals surface area contributed by atoms with E-state index < -0.39 is 0 Å². The average molecular weight is 393 g/mol. The van der Waals surface area contributed by atoms with Crippen LogP contribution in [0.2, 0.25) is 5.15 Å². The van der Waals surface area contributed by atoms with E-state index in [1.54, 1.807) is 29.7 Å². The summed E-state index contributed by atoms with van der Waals surface area (Å²) in [6, 6.07) is 3.46. The molecule has 0 aromatic carbocycles. The summed E-state index contributed by atoms with van der Waals surface area (Å²) >= 11 is 9.09. The van der Waals surface area contributed by atoms with Crippen LogP contribution >= 0.6 is 34.7 Å². The van der Waals surface area contributed by atoms with Gasteiger partial charge in [0.05, 0.1) is 10.9 Å². The highest BCUT2D eigenvalue weighted by atomic mass is 35.5. The predicted molar refractivity (Wildman–Crippen MR) is 105 cm³/mol. The van der Waals surface area contributed by atoms with E-state index in [2.05, 4.69) is 34.1 Å². The minimum Gasteiger partial charge on any atom is -0.322 e. The number of thiophene rings is 1. The van der Waals surface area contributed by atoms with E-state index in [1.807, 2.05) is 13.8 Å². The molecule has 130 valence electrons. The lowest BCUT2D eigenvalue weighted by atomic mass is 10.2. The smallest absolute Gasteiger partial charge is 0.237 e. The first kappa shape index (κ1) is 18.1. The van der Waals surface area contributed by atoms with Crippen LogP contribution in [-0.4, -0.2) is 26.1 Å². The number of aryl methyl sites for hydroxylation is 3. The van der Waals surface area contributed by atoms with Crippen molar-refractivity contribution in [2.24, 2.45) is 0 Å². The van der Waals surface area contributed by atoms with Gasteiger partial charge in [0.2, 0.25) is 5.91 Å². The summed E-state index contributed by atoms with van der Waals surface area (Å²) in [7, 11) is 0. The number of hydrogen-bond donors (Lipinski definition) is 1. The number of hydrogen-bond acceptors (Lipinski definition) is 6. The molecule has 0 saturated heterocycles. The van der Waals surface area contributed by atoms with Crippen molar-refractivity contribution in [2.75, 3.05) is 5.32 Å². The molecule has 0 aliphatic heterocycles. The van der Waals surface area contributed by atoms with E-state index >= 15 is 0 Å². The average Bonchev–Trinajstić information content (AvgIpc) is 2.83. The van der Waals surface area contributed by atoms with Crippen molar-refractivity contribution in [3.8, 4) is 0 Å². The van der Waals surface area contributed by atoms with Crippen LogP contribution in [0.4, 0.5) is 5.69 Å². The van der Waals surface area contributed by atoms with Crippen molar-refractivity contribution < 1.29 is 4.79 Å². The van der Waals surface area contributed by atoms with Crippen LogP contribution in [0, 0.1) is 20.8 Å². The number of nitrogens with zero attached hydrogens (tertiary/aromatic N) is 3. The fourth-order valence-corrected chi connectivity index (χ4v) is 4.69. The molecule has 0 aliphatic rings. The zero-order valence-corrected chi connectivity index (χ0v) is 16.6. The number of pyridine rings is 1. The maximum absolute atomic E-state index is 12.5. The number of thioether (sulfide) groups is 1. The van der Waals surface area contributed by atoms with Gasteiger partial charge in [-0.3, -0.25) is 4.79 Å². The number of carbonyl (C=O) groups excluding carboxylic acids is 1. The molecular weight excluding hydrogens is 376 g/mol. The third kappa shape index (κ3) is 3.78. The predicted octanol–water partition coefficient (Wildman–Crippen LogP) is 4.78. The largest absolute Gasteiger partial charge is 0.322 e. The SMILES string of the molecule is Cc1nc(S[C@@H](C)C(=O)Nc2cccnc2Cl)c2c(C)c(C)sc2n1. The topological polar surface area (TPSA) is 67.8 Å². The number of aromatic nitrogens is 3. The third-order valence-corrected chi connectivity index (χ3v) is 6.27. The second-order valence-electron chi connectivity index (χ2n) is 5.63. The molecule has 1 N–H and O–H groups in total. The van der Waals surface area contributed by atoms with Gasteiger partial charge in [0.1, 0.15) is 15.7 Å². The van der Waals surface area contributed by atoms with Crippen molar-refractivity contribution in [1.82, 2.24) is 15.0 Å².